The Hall–Kier alpha value is -1.63. The second-order valence-corrected chi connectivity index (χ2v) is 4.03. The van der Waals surface area contributed by atoms with Gasteiger partial charge in [0.25, 0.3) is 5.91 Å². The van der Waals surface area contributed by atoms with Gasteiger partial charge in [0.1, 0.15) is 0 Å². The summed E-state index contributed by atoms with van der Waals surface area (Å²) in [6.45, 7) is 3.95. The highest BCUT2D eigenvalue weighted by Crippen LogP contribution is 2.25. The van der Waals surface area contributed by atoms with Gasteiger partial charge in [-0.05, 0) is 0 Å². The number of aromatic nitrogens is 3. The van der Waals surface area contributed by atoms with Gasteiger partial charge in [0.05, 0.1) is 13.2 Å². The molecule has 0 atom stereocenters. The average Bonchev–Trinajstić information content (AvgIpc) is 2.58. The van der Waals surface area contributed by atoms with Crippen molar-refractivity contribution in [1.82, 2.24) is 20.5 Å². The largest absolute Gasteiger partial charge is 0.380 e. The third kappa shape index (κ3) is 2.07. The van der Waals surface area contributed by atoms with E-state index in [0.29, 0.717) is 19.8 Å². The van der Waals surface area contributed by atoms with Crippen molar-refractivity contribution in [1.29, 1.82) is 0 Å². The van der Waals surface area contributed by atoms with Crippen LogP contribution in [0.15, 0.2) is 0 Å². The quantitative estimate of drug-likeness (QED) is 0.604. The molecule has 0 radical (unpaired) electrons. The van der Waals surface area contributed by atoms with E-state index in [0.717, 1.165) is 0 Å². The van der Waals surface area contributed by atoms with Crippen molar-refractivity contribution in [3.63, 3.8) is 0 Å². The Morgan fingerprint density at radius 3 is 2.93 bits per heavy atom. The first kappa shape index (κ1) is 9.91. The number of hydrogen-bond acceptors (Lipinski definition) is 5. The van der Waals surface area contributed by atoms with E-state index in [1.54, 1.807) is 0 Å². The highest BCUT2D eigenvalue weighted by Gasteiger charge is 2.33. The lowest BCUT2D eigenvalue weighted by molar-refractivity contribution is -0.0978. The average molecular weight is 211 g/mol. The molecule has 1 aromatic rings. The molecule has 1 aliphatic rings. The van der Waals surface area contributed by atoms with E-state index in [1.807, 2.05) is 6.92 Å². The normalized spacial score (nSPS) is 18.2. The maximum atomic E-state index is 11.5. The molecule has 4 N–H and O–H groups in total. The fourth-order valence-corrected chi connectivity index (χ4v) is 1.31. The van der Waals surface area contributed by atoms with Crippen LogP contribution in [0, 0.1) is 5.41 Å². The summed E-state index contributed by atoms with van der Waals surface area (Å²) in [6.07, 6.45) is 0. The third-order valence-corrected chi connectivity index (χ3v) is 2.29. The maximum Gasteiger partial charge on any atom is 0.288 e. The van der Waals surface area contributed by atoms with Crippen molar-refractivity contribution >= 4 is 11.9 Å². The molecule has 7 nitrogen and oxygen atoms in total. The number of hydrogen-bond donors (Lipinski definition) is 3. The SMILES string of the molecule is CC1(CNC(=O)c2nc(N)n[nH]2)COC1. The van der Waals surface area contributed by atoms with Crippen molar-refractivity contribution in [3.8, 4) is 0 Å². The smallest absolute Gasteiger partial charge is 0.288 e. The summed E-state index contributed by atoms with van der Waals surface area (Å²) >= 11 is 0. The van der Waals surface area contributed by atoms with Crippen LogP contribution in [0.4, 0.5) is 5.95 Å². The Morgan fingerprint density at radius 1 is 1.73 bits per heavy atom. The molecule has 1 amide bonds. The van der Waals surface area contributed by atoms with Crippen LogP contribution in [0.5, 0.6) is 0 Å². The van der Waals surface area contributed by atoms with Crippen LogP contribution in [-0.4, -0.2) is 40.8 Å². The third-order valence-electron chi connectivity index (χ3n) is 2.29. The van der Waals surface area contributed by atoms with Crippen molar-refractivity contribution in [2.75, 3.05) is 25.5 Å². The van der Waals surface area contributed by atoms with Gasteiger partial charge in [0.15, 0.2) is 0 Å². The summed E-state index contributed by atoms with van der Waals surface area (Å²) in [4.78, 5) is 15.2. The molecule has 0 aromatic carbocycles. The number of ether oxygens (including phenoxy) is 1. The number of carbonyl (C=O) groups is 1. The Kier molecular flexibility index (Phi) is 2.31. The summed E-state index contributed by atoms with van der Waals surface area (Å²) in [5.41, 5.74) is 5.33. The van der Waals surface area contributed by atoms with E-state index < -0.39 is 0 Å². The Balaban J connectivity index is 1.87. The molecule has 1 aromatic heterocycles. The molecule has 0 saturated carbocycles. The predicted molar refractivity (Wildman–Crippen MR) is 52.1 cm³/mol. The van der Waals surface area contributed by atoms with Gasteiger partial charge in [-0.1, -0.05) is 6.92 Å². The first-order valence-corrected chi connectivity index (χ1v) is 4.63. The second kappa shape index (κ2) is 3.50. The molecular weight excluding hydrogens is 198 g/mol. The standard InChI is InChI=1S/C8H13N5O2/c1-8(3-15-4-8)2-10-6(14)5-11-7(9)13-12-5/h2-4H2,1H3,(H,10,14)(H3,9,11,12,13). The molecule has 1 fully saturated rings. The van der Waals surface area contributed by atoms with E-state index in [-0.39, 0.29) is 23.1 Å². The zero-order valence-corrected chi connectivity index (χ0v) is 8.41. The van der Waals surface area contributed by atoms with Gasteiger partial charge < -0.3 is 15.8 Å². The highest BCUT2D eigenvalue weighted by molar-refractivity contribution is 5.90. The van der Waals surface area contributed by atoms with Crippen molar-refractivity contribution in [3.05, 3.63) is 5.82 Å². The van der Waals surface area contributed by atoms with Crippen LogP contribution >= 0.6 is 0 Å². The van der Waals surface area contributed by atoms with Gasteiger partial charge in [-0.15, -0.1) is 5.10 Å². The van der Waals surface area contributed by atoms with Gasteiger partial charge in [-0.2, -0.15) is 4.98 Å². The van der Waals surface area contributed by atoms with Crippen LogP contribution in [0.2, 0.25) is 0 Å². The number of anilines is 1. The first-order valence-electron chi connectivity index (χ1n) is 4.63. The van der Waals surface area contributed by atoms with Gasteiger partial charge in [-0.25, -0.2) is 0 Å². The molecule has 1 aliphatic heterocycles. The van der Waals surface area contributed by atoms with Crippen LogP contribution in [0.3, 0.4) is 0 Å². The van der Waals surface area contributed by atoms with Crippen LogP contribution in [-0.2, 0) is 4.74 Å². The fraction of sp³-hybridized carbons (Fsp3) is 0.625. The molecule has 2 heterocycles. The number of nitrogen functional groups attached to an aromatic ring is 1. The number of rotatable bonds is 3. The van der Waals surface area contributed by atoms with Crippen molar-refractivity contribution in [2.24, 2.45) is 5.41 Å². The van der Waals surface area contributed by atoms with E-state index >= 15 is 0 Å². The summed E-state index contributed by atoms with van der Waals surface area (Å²) in [7, 11) is 0. The lowest BCUT2D eigenvalue weighted by Gasteiger charge is -2.37. The van der Waals surface area contributed by atoms with E-state index in [4.69, 9.17) is 10.5 Å². The molecule has 2 rings (SSSR count). The number of nitrogens with zero attached hydrogens (tertiary/aromatic N) is 2. The minimum Gasteiger partial charge on any atom is -0.380 e. The number of nitrogens with one attached hydrogen (secondary N) is 2. The summed E-state index contributed by atoms with van der Waals surface area (Å²) in [5, 5.41) is 8.77. The monoisotopic (exact) mass is 211 g/mol. The molecule has 7 heteroatoms. The van der Waals surface area contributed by atoms with Gasteiger partial charge in [-0.3, -0.25) is 9.89 Å². The molecule has 0 aliphatic carbocycles. The number of carbonyl (C=O) groups excluding carboxylic acids is 1. The van der Waals surface area contributed by atoms with Crippen molar-refractivity contribution in [2.45, 2.75) is 6.92 Å². The Labute approximate surface area is 86.4 Å². The molecular formula is C8H13N5O2. The van der Waals surface area contributed by atoms with Crippen molar-refractivity contribution < 1.29 is 9.53 Å². The van der Waals surface area contributed by atoms with Gasteiger partial charge in [0, 0.05) is 12.0 Å². The highest BCUT2D eigenvalue weighted by atomic mass is 16.5. The molecule has 0 spiro atoms. The lowest BCUT2D eigenvalue weighted by Crippen LogP contribution is -2.48. The summed E-state index contributed by atoms with van der Waals surface area (Å²) < 4.78 is 5.07. The lowest BCUT2D eigenvalue weighted by atomic mass is 9.89. The number of amides is 1. The van der Waals surface area contributed by atoms with E-state index in [1.165, 1.54) is 0 Å². The fourth-order valence-electron chi connectivity index (χ4n) is 1.31. The summed E-state index contributed by atoms with van der Waals surface area (Å²) in [6, 6.07) is 0. The zero-order valence-electron chi connectivity index (χ0n) is 8.41. The van der Waals surface area contributed by atoms with E-state index in [9.17, 15) is 4.79 Å². The molecule has 0 unspecified atom stereocenters. The zero-order chi connectivity index (χ0) is 10.9. The number of aromatic amines is 1. The molecule has 0 bridgehead atoms. The van der Waals surface area contributed by atoms with Crippen LogP contribution in [0.1, 0.15) is 17.5 Å². The molecule has 82 valence electrons. The van der Waals surface area contributed by atoms with Gasteiger partial charge >= 0.3 is 0 Å². The van der Waals surface area contributed by atoms with Crippen LogP contribution < -0.4 is 11.1 Å². The predicted octanol–water partition coefficient (Wildman–Crippen LogP) is -0.847. The van der Waals surface area contributed by atoms with E-state index in [2.05, 4.69) is 20.5 Å². The first-order chi connectivity index (χ1) is 7.09. The number of H-pyrrole nitrogens is 1. The van der Waals surface area contributed by atoms with Gasteiger partial charge in [0.2, 0.25) is 11.8 Å². The molecule has 1 saturated heterocycles. The second-order valence-electron chi connectivity index (χ2n) is 4.03. The Bertz CT molecular complexity index is 371. The summed E-state index contributed by atoms with van der Waals surface area (Å²) in [5.74, 6) is -0.0954. The Morgan fingerprint density at radius 2 is 2.47 bits per heavy atom. The maximum absolute atomic E-state index is 11.5. The number of nitrogens with two attached hydrogens (primary N) is 1. The van der Waals surface area contributed by atoms with Crippen LogP contribution in [0.25, 0.3) is 0 Å². The topological polar surface area (TPSA) is 106 Å². The minimum atomic E-state index is -0.299. The molecule has 15 heavy (non-hydrogen) atoms. The minimum absolute atomic E-state index is 0.0429.